The summed E-state index contributed by atoms with van der Waals surface area (Å²) < 4.78 is 0. The maximum atomic E-state index is 10.5. The lowest BCUT2D eigenvalue weighted by atomic mass is 10.2. The minimum atomic E-state index is -0.900. The van der Waals surface area contributed by atoms with Gasteiger partial charge in [-0.25, -0.2) is 0 Å². The first-order valence-corrected chi connectivity index (χ1v) is 4.05. The van der Waals surface area contributed by atoms with E-state index < -0.39 is 12.0 Å². The maximum Gasteiger partial charge on any atom is 0.313 e. The predicted molar refractivity (Wildman–Crippen MR) is 40.0 cm³/mol. The summed E-state index contributed by atoms with van der Waals surface area (Å²) in [7, 11) is 0. The molecule has 1 aliphatic heterocycles. The molecule has 1 rings (SSSR count). The second kappa shape index (κ2) is 3.10. The van der Waals surface area contributed by atoms with Gasteiger partial charge in [0, 0.05) is 0 Å². The number of amides is 1. The summed E-state index contributed by atoms with van der Waals surface area (Å²) in [6.07, 6.45) is 0. The Bertz CT molecular complexity index is 196. The highest BCUT2D eigenvalue weighted by Gasteiger charge is 2.36. The standard InChI is InChI=1S/C5H8N2O3S/c6-3-4(10)7-5(3)11-1-2(8)9/h3,5H,1,6H2,(H,7,10)(H,8,9)/t3-,5-/m1/s1. The van der Waals surface area contributed by atoms with Crippen LogP contribution in [0.3, 0.4) is 0 Å². The van der Waals surface area contributed by atoms with Crippen molar-refractivity contribution in [3.05, 3.63) is 0 Å². The van der Waals surface area contributed by atoms with Crippen molar-refractivity contribution in [1.29, 1.82) is 0 Å². The quantitative estimate of drug-likeness (QED) is 0.459. The predicted octanol–water partition coefficient (Wildman–Crippen LogP) is -1.41. The van der Waals surface area contributed by atoms with Gasteiger partial charge in [-0.2, -0.15) is 0 Å². The van der Waals surface area contributed by atoms with Gasteiger partial charge in [0.15, 0.2) is 0 Å². The number of carboxylic acid groups (broad SMARTS) is 1. The average molecular weight is 176 g/mol. The fourth-order valence-corrected chi connectivity index (χ4v) is 1.53. The first-order valence-electron chi connectivity index (χ1n) is 3.00. The van der Waals surface area contributed by atoms with Gasteiger partial charge < -0.3 is 16.2 Å². The lowest BCUT2D eigenvalue weighted by molar-refractivity contribution is -0.134. The van der Waals surface area contributed by atoms with E-state index >= 15 is 0 Å². The van der Waals surface area contributed by atoms with Crippen molar-refractivity contribution in [1.82, 2.24) is 5.32 Å². The number of aliphatic carboxylic acids is 1. The maximum absolute atomic E-state index is 10.5. The Morgan fingerprint density at radius 3 is 2.82 bits per heavy atom. The molecule has 0 unspecified atom stereocenters. The number of rotatable bonds is 3. The summed E-state index contributed by atoms with van der Waals surface area (Å²) in [4.78, 5) is 20.5. The topological polar surface area (TPSA) is 92.4 Å². The van der Waals surface area contributed by atoms with Crippen LogP contribution in [0.5, 0.6) is 0 Å². The van der Waals surface area contributed by atoms with E-state index in [2.05, 4.69) is 5.32 Å². The molecule has 1 saturated heterocycles. The molecule has 0 spiro atoms. The molecule has 0 aromatic heterocycles. The lowest BCUT2D eigenvalue weighted by Crippen LogP contribution is -2.65. The van der Waals surface area contributed by atoms with Crippen molar-refractivity contribution in [2.75, 3.05) is 5.75 Å². The second-order valence-electron chi connectivity index (χ2n) is 2.16. The minimum Gasteiger partial charge on any atom is -0.481 e. The zero-order chi connectivity index (χ0) is 8.43. The van der Waals surface area contributed by atoms with Gasteiger partial charge in [-0.15, -0.1) is 11.8 Å². The van der Waals surface area contributed by atoms with Gasteiger partial charge in [0.25, 0.3) is 0 Å². The summed E-state index contributed by atoms with van der Waals surface area (Å²) in [5, 5.41) is 10.5. The van der Waals surface area contributed by atoms with Gasteiger partial charge in [0.05, 0.1) is 11.1 Å². The smallest absolute Gasteiger partial charge is 0.313 e. The molecule has 0 bridgehead atoms. The monoisotopic (exact) mass is 176 g/mol. The molecule has 4 N–H and O–H groups in total. The van der Waals surface area contributed by atoms with Crippen molar-refractivity contribution in [2.24, 2.45) is 5.73 Å². The second-order valence-corrected chi connectivity index (χ2v) is 3.29. The molecule has 1 aliphatic rings. The number of nitrogens with one attached hydrogen (secondary N) is 1. The molecule has 1 amide bonds. The molecule has 0 aliphatic carbocycles. The van der Waals surface area contributed by atoms with Crippen LogP contribution in [0.25, 0.3) is 0 Å². The molecule has 62 valence electrons. The molecule has 0 saturated carbocycles. The summed E-state index contributed by atoms with van der Waals surface area (Å²) in [5.41, 5.74) is 5.33. The Labute approximate surface area is 67.3 Å². The number of carbonyl (C=O) groups excluding carboxylic acids is 1. The zero-order valence-corrected chi connectivity index (χ0v) is 6.43. The van der Waals surface area contributed by atoms with Gasteiger partial charge in [-0.1, -0.05) is 0 Å². The van der Waals surface area contributed by atoms with Crippen molar-refractivity contribution < 1.29 is 14.7 Å². The average Bonchev–Trinajstić information content (AvgIpc) is 1.96. The van der Waals surface area contributed by atoms with Crippen molar-refractivity contribution >= 4 is 23.6 Å². The SMILES string of the molecule is N[C@@H]1C(=O)N[C@@H]1SCC(=O)O. The third-order valence-corrected chi connectivity index (χ3v) is 2.48. The Hall–Kier alpha value is -0.750. The molecular weight excluding hydrogens is 168 g/mol. The Kier molecular flexibility index (Phi) is 2.35. The number of carboxylic acids is 1. The van der Waals surface area contributed by atoms with Crippen molar-refractivity contribution in [2.45, 2.75) is 11.4 Å². The molecule has 1 fully saturated rings. The van der Waals surface area contributed by atoms with E-state index in [0.717, 1.165) is 11.8 Å². The van der Waals surface area contributed by atoms with Crippen molar-refractivity contribution in [3.63, 3.8) is 0 Å². The molecule has 1 heterocycles. The Morgan fingerprint density at radius 1 is 1.82 bits per heavy atom. The van der Waals surface area contributed by atoms with E-state index in [1.807, 2.05) is 0 Å². The number of hydrogen-bond acceptors (Lipinski definition) is 4. The van der Waals surface area contributed by atoms with Crippen LogP contribution in [0.15, 0.2) is 0 Å². The number of carbonyl (C=O) groups is 2. The van der Waals surface area contributed by atoms with Crippen LogP contribution in [-0.4, -0.2) is 34.2 Å². The largest absolute Gasteiger partial charge is 0.481 e. The van der Waals surface area contributed by atoms with E-state index in [1.165, 1.54) is 0 Å². The van der Waals surface area contributed by atoms with Gasteiger partial charge in [-0.3, -0.25) is 9.59 Å². The molecule has 5 nitrogen and oxygen atoms in total. The molecular formula is C5H8N2O3S. The molecule has 11 heavy (non-hydrogen) atoms. The van der Waals surface area contributed by atoms with Gasteiger partial charge >= 0.3 is 5.97 Å². The summed E-state index contributed by atoms with van der Waals surface area (Å²) in [6.45, 7) is 0. The molecule has 0 radical (unpaired) electrons. The number of β-lactam (4-membered cyclic amide) rings is 1. The van der Waals surface area contributed by atoms with Crippen LogP contribution in [0, 0.1) is 0 Å². The minimum absolute atomic E-state index is 0.0291. The van der Waals surface area contributed by atoms with Crippen LogP contribution in [0.4, 0.5) is 0 Å². The van der Waals surface area contributed by atoms with Crippen LogP contribution in [0.2, 0.25) is 0 Å². The fraction of sp³-hybridized carbons (Fsp3) is 0.600. The summed E-state index contributed by atoms with van der Waals surface area (Å²) in [5.74, 6) is -1.14. The Morgan fingerprint density at radius 2 is 2.45 bits per heavy atom. The summed E-state index contributed by atoms with van der Waals surface area (Å²) >= 11 is 1.13. The third-order valence-electron chi connectivity index (χ3n) is 1.30. The highest BCUT2D eigenvalue weighted by atomic mass is 32.2. The first kappa shape index (κ1) is 8.35. The van der Waals surface area contributed by atoms with E-state index in [9.17, 15) is 9.59 Å². The van der Waals surface area contributed by atoms with Gasteiger partial charge in [0.2, 0.25) is 5.91 Å². The van der Waals surface area contributed by atoms with E-state index in [-0.39, 0.29) is 17.0 Å². The van der Waals surface area contributed by atoms with E-state index in [4.69, 9.17) is 10.8 Å². The van der Waals surface area contributed by atoms with Crippen LogP contribution in [-0.2, 0) is 9.59 Å². The van der Waals surface area contributed by atoms with E-state index in [0.29, 0.717) is 0 Å². The van der Waals surface area contributed by atoms with Crippen LogP contribution >= 0.6 is 11.8 Å². The molecule has 2 atom stereocenters. The third kappa shape index (κ3) is 1.84. The Balaban J connectivity index is 2.20. The highest BCUT2D eigenvalue weighted by molar-refractivity contribution is 8.00. The lowest BCUT2D eigenvalue weighted by Gasteiger charge is -2.32. The van der Waals surface area contributed by atoms with Gasteiger partial charge in [0.1, 0.15) is 6.04 Å². The highest BCUT2D eigenvalue weighted by Crippen LogP contribution is 2.17. The molecule has 0 aromatic carbocycles. The molecule has 6 heteroatoms. The normalized spacial score (nSPS) is 29.0. The fourth-order valence-electron chi connectivity index (χ4n) is 0.674. The number of thioether (sulfide) groups is 1. The summed E-state index contributed by atoms with van der Waals surface area (Å²) in [6, 6.07) is -0.542. The van der Waals surface area contributed by atoms with Crippen molar-refractivity contribution in [3.8, 4) is 0 Å². The van der Waals surface area contributed by atoms with Gasteiger partial charge in [-0.05, 0) is 0 Å². The van der Waals surface area contributed by atoms with E-state index in [1.54, 1.807) is 0 Å². The number of hydrogen-bond donors (Lipinski definition) is 3. The first-order chi connectivity index (χ1) is 5.11. The zero-order valence-electron chi connectivity index (χ0n) is 5.61. The van der Waals surface area contributed by atoms with Crippen LogP contribution in [0.1, 0.15) is 0 Å². The van der Waals surface area contributed by atoms with Crippen LogP contribution < -0.4 is 11.1 Å². The molecule has 0 aromatic rings. The number of nitrogens with two attached hydrogens (primary N) is 1.